The molecular weight excluding hydrogens is 677 g/mol. The Morgan fingerprint density at radius 2 is 0.625 bits per heavy atom. The standard InChI is InChI=1S/C54H36N2/c1-4-14-37(15-5-1)38-24-26-39(27-25-38)45-20-10-11-21-46(45)42-28-31-48-50-35-41(30-33-53(50)56(54(48)36-42)44-18-8-3-9-19-44)40-29-32-52-49(34-40)47-22-12-13-23-51(47)55(52)43-16-6-2-7-17-43/h1-36H. The van der Waals surface area contributed by atoms with Gasteiger partial charge in [-0.3, -0.25) is 0 Å². The molecule has 2 aromatic heterocycles. The Hall–Kier alpha value is -7.42. The number of benzene rings is 9. The molecule has 0 spiro atoms. The van der Waals surface area contributed by atoms with Crippen LogP contribution in [0.5, 0.6) is 0 Å². The van der Waals surface area contributed by atoms with E-state index in [9.17, 15) is 0 Å². The second kappa shape index (κ2) is 13.2. The van der Waals surface area contributed by atoms with Crippen molar-refractivity contribution in [2.75, 3.05) is 0 Å². The van der Waals surface area contributed by atoms with Crippen molar-refractivity contribution in [2.24, 2.45) is 0 Å². The van der Waals surface area contributed by atoms with Crippen molar-refractivity contribution < 1.29 is 0 Å². The van der Waals surface area contributed by atoms with Crippen molar-refractivity contribution >= 4 is 43.6 Å². The molecule has 0 N–H and O–H groups in total. The van der Waals surface area contributed by atoms with Gasteiger partial charge in [-0.1, -0.05) is 158 Å². The molecule has 0 saturated heterocycles. The summed E-state index contributed by atoms with van der Waals surface area (Å²) < 4.78 is 4.80. The van der Waals surface area contributed by atoms with Gasteiger partial charge in [0.1, 0.15) is 0 Å². The lowest BCUT2D eigenvalue weighted by Gasteiger charge is -2.13. The zero-order valence-electron chi connectivity index (χ0n) is 30.7. The van der Waals surface area contributed by atoms with Crippen LogP contribution in [0.3, 0.4) is 0 Å². The topological polar surface area (TPSA) is 9.86 Å². The van der Waals surface area contributed by atoms with Gasteiger partial charge in [0.05, 0.1) is 22.1 Å². The summed E-state index contributed by atoms with van der Waals surface area (Å²) in [7, 11) is 0. The first-order valence-corrected chi connectivity index (χ1v) is 19.3. The van der Waals surface area contributed by atoms with Crippen molar-refractivity contribution in [1.29, 1.82) is 0 Å². The van der Waals surface area contributed by atoms with Gasteiger partial charge in [0.25, 0.3) is 0 Å². The molecule has 9 aromatic carbocycles. The van der Waals surface area contributed by atoms with Crippen LogP contribution in [-0.4, -0.2) is 9.13 Å². The lowest BCUT2D eigenvalue weighted by molar-refractivity contribution is 1.18. The van der Waals surface area contributed by atoms with Gasteiger partial charge in [-0.05, 0) is 105 Å². The second-order valence-corrected chi connectivity index (χ2v) is 14.5. The summed E-state index contributed by atoms with van der Waals surface area (Å²) in [4.78, 5) is 0. The van der Waals surface area contributed by atoms with Crippen LogP contribution in [0.15, 0.2) is 218 Å². The van der Waals surface area contributed by atoms with Crippen molar-refractivity contribution in [3.8, 4) is 55.9 Å². The van der Waals surface area contributed by atoms with E-state index in [4.69, 9.17) is 0 Å². The zero-order chi connectivity index (χ0) is 37.0. The van der Waals surface area contributed by atoms with Crippen LogP contribution in [0.1, 0.15) is 0 Å². The molecule has 0 aliphatic carbocycles. The van der Waals surface area contributed by atoms with Gasteiger partial charge < -0.3 is 9.13 Å². The number of para-hydroxylation sites is 3. The fourth-order valence-electron chi connectivity index (χ4n) is 8.69. The van der Waals surface area contributed by atoms with Crippen LogP contribution in [0, 0.1) is 0 Å². The second-order valence-electron chi connectivity index (χ2n) is 14.5. The molecule has 0 saturated carbocycles. The van der Waals surface area contributed by atoms with Crippen molar-refractivity contribution in [1.82, 2.24) is 9.13 Å². The van der Waals surface area contributed by atoms with Gasteiger partial charge >= 0.3 is 0 Å². The van der Waals surface area contributed by atoms with E-state index in [1.807, 2.05) is 0 Å². The zero-order valence-corrected chi connectivity index (χ0v) is 30.7. The highest BCUT2D eigenvalue weighted by Crippen LogP contribution is 2.41. The van der Waals surface area contributed by atoms with Gasteiger partial charge in [0.2, 0.25) is 0 Å². The summed E-state index contributed by atoms with van der Waals surface area (Å²) in [5, 5.41) is 4.99. The lowest BCUT2D eigenvalue weighted by atomic mass is 9.93. The first-order valence-electron chi connectivity index (χ1n) is 19.3. The molecule has 2 heterocycles. The molecule has 0 fully saturated rings. The van der Waals surface area contributed by atoms with Gasteiger partial charge in [-0.25, -0.2) is 0 Å². The van der Waals surface area contributed by atoms with E-state index < -0.39 is 0 Å². The molecule has 0 unspecified atom stereocenters. The SMILES string of the molecule is c1ccc(-c2ccc(-c3ccccc3-c3ccc4c5cc(-c6ccc7c(c6)c6ccccc6n7-c6ccccc6)ccc5n(-c5ccccc5)c4c3)cc2)cc1. The maximum Gasteiger partial charge on any atom is 0.0547 e. The molecule has 11 aromatic rings. The monoisotopic (exact) mass is 712 g/mol. The largest absolute Gasteiger partial charge is 0.309 e. The van der Waals surface area contributed by atoms with Crippen LogP contribution in [-0.2, 0) is 0 Å². The molecular formula is C54H36N2. The Morgan fingerprint density at radius 1 is 0.214 bits per heavy atom. The molecule has 11 rings (SSSR count). The highest BCUT2D eigenvalue weighted by atomic mass is 15.0. The number of aromatic nitrogens is 2. The Morgan fingerprint density at radius 3 is 1.25 bits per heavy atom. The molecule has 0 bridgehead atoms. The third-order valence-corrected chi connectivity index (χ3v) is 11.3. The number of nitrogens with zero attached hydrogens (tertiary/aromatic N) is 2. The summed E-state index contributed by atoms with van der Waals surface area (Å²) in [6.45, 7) is 0. The molecule has 56 heavy (non-hydrogen) atoms. The maximum atomic E-state index is 2.42. The van der Waals surface area contributed by atoms with Crippen LogP contribution in [0.25, 0.3) is 99.5 Å². The average molecular weight is 713 g/mol. The lowest BCUT2D eigenvalue weighted by Crippen LogP contribution is -1.94. The van der Waals surface area contributed by atoms with Gasteiger partial charge in [0.15, 0.2) is 0 Å². The Bertz CT molecular complexity index is 3210. The molecule has 0 aliphatic rings. The minimum Gasteiger partial charge on any atom is -0.309 e. The number of fused-ring (bicyclic) bond motifs is 6. The van der Waals surface area contributed by atoms with E-state index in [1.165, 1.54) is 93.8 Å². The van der Waals surface area contributed by atoms with E-state index in [1.54, 1.807) is 0 Å². The van der Waals surface area contributed by atoms with Crippen LogP contribution < -0.4 is 0 Å². The first-order chi connectivity index (χ1) is 27.8. The normalized spacial score (nSPS) is 11.6. The van der Waals surface area contributed by atoms with E-state index in [2.05, 4.69) is 228 Å². The summed E-state index contributed by atoms with van der Waals surface area (Å²) in [6.07, 6.45) is 0. The summed E-state index contributed by atoms with van der Waals surface area (Å²) in [5.41, 5.74) is 16.8. The highest BCUT2D eigenvalue weighted by Gasteiger charge is 2.18. The third kappa shape index (κ3) is 5.26. The van der Waals surface area contributed by atoms with Gasteiger partial charge in [0, 0.05) is 32.9 Å². The van der Waals surface area contributed by atoms with Crippen LogP contribution in [0.4, 0.5) is 0 Å². The molecule has 2 nitrogen and oxygen atoms in total. The minimum absolute atomic E-state index is 1.15. The predicted octanol–water partition coefficient (Wildman–Crippen LogP) is 14.5. The fourth-order valence-corrected chi connectivity index (χ4v) is 8.69. The van der Waals surface area contributed by atoms with E-state index >= 15 is 0 Å². The molecule has 0 amide bonds. The average Bonchev–Trinajstić information content (AvgIpc) is 3.79. The summed E-state index contributed by atoms with van der Waals surface area (Å²) in [6, 6.07) is 79.4. The van der Waals surface area contributed by atoms with Crippen molar-refractivity contribution in [3.05, 3.63) is 218 Å². The molecule has 0 radical (unpaired) electrons. The third-order valence-electron chi connectivity index (χ3n) is 11.3. The first kappa shape index (κ1) is 32.0. The predicted molar refractivity (Wildman–Crippen MR) is 237 cm³/mol. The molecule has 262 valence electrons. The Labute approximate surface area is 325 Å². The number of hydrogen-bond acceptors (Lipinski definition) is 0. The van der Waals surface area contributed by atoms with Crippen LogP contribution >= 0.6 is 0 Å². The quantitative estimate of drug-likeness (QED) is 0.162. The van der Waals surface area contributed by atoms with E-state index in [0.717, 1.165) is 5.69 Å². The smallest absolute Gasteiger partial charge is 0.0547 e. The molecule has 2 heteroatoms. The minimum atomic E-state index is 1.15. The van der Waals surface area contributed by atoms with E-state index in [-0.39, 0.29) is 0 Å². The summed E-state index contributed by atoms with van der Waals surface area (Å²) in [5.74, 6) is 0. The van der Waals surface area contributed by atoms with Crippen molar-refractivity contribution in [3.63, 3.8) is 0 Å². The Kier molecular flexibility index (Phi) is 7.53. The Balaban J connectivity index is 1.06. The number of rotatable bonds is 6. The maximum absolute atomic E-state index is 2.42. The van der Waals surface area contributed by atoms with Gasteiger partial charge in [-0.2, -0.15) is 0 Å². The van der Waals surface area contributed by atoms with Gasteiger partial charge in [-0.15, -0.1) is 0 Å². The molecule has 0 aliphatic heterocycles. The van der Waals surface area contributed by atoms with Crippen LogP contribution in [0.2, 0.25) is 0 Å². The molecule has 0 atom stereocenters. The fraction of sp³-hybridized carbons (Fsp3) is 0. The number of hydrogen-bond donors (Lipinski definition) is 0. The van der Waals surface area contributed by atoms with Crippen molar-refractivity contribution in [2.45, 2.75) is 0 Å². The highest BCUT2D eigenvalue weighted by molar-refractivity contribution is 6.13. The van der Waals surface area contributed by atoms with E-state index in [0.29, 0.717) is 0 Å². The summed E-state index contributed by atoms with van der Waals surface area (Å²) >= 11 is 0.